The minimum Gasteiger partial charge on any atom is -0.494 e. The van der Waals surface area contributed by atoms with Crippen molar-refractivity contribution in [2.75, 3.05) is 32.2 Å². The number of nitrogens with zero attached hydrogens (tertiary/aromatic N) is 5. The molecule has 10 heteroatoms. The molecule has 4 heterocycles. The number of anilines is 1. The van der Waals surface area contributed by atoms with Crippen molar-refractivity contribution >= 4 is 16.7 Å². The van der Waals surface area contributed by atoms with E-state index < -0.39 is 17.2 Å². The number of methoxy groups -OCH3 is 2. The third-order valence-electron chi connectivity index (χ3n) is 6.05. The summed E-state index contributed by atoms with van der Waals surface area (Å²) in [5, 5.41) is 11.1. The highest BCUT2D eigenvalue weighted by atomic mass is 19.1. The first-order valence-electron chi connectivity index (χ1n) is 11.0. The fourth-order valence-electron chi connectivity index (χ4n) is 4.24. The molecule has 1 fully saturated rings. The maximum atomic E-state index is 15.3. The van der Waals surface area contributed by atoms with E-state index in [2.05, 4.69) is 15.0 Å². The summed E-state index contributed by atoms with van der Waals surface area (Å²) in [5.74, 6) is -1.31. The molecule has 1 aromatic carbocycles. The monoisotopic (exact) mass is 479 g/mol. The second kappa shape index (κ2) is 8.70. The van der Waals surface area contributed by atoms with E-state index in [1.54, 1.807) is 31.6 Å². The molecule has 0 spiro atoms. The van der Waals surface area contributed by atoms with Gasteiger partial charge in [0, 0.05) is 48.7 Å². The van der Waals surface area contributed by atoms with Gasteiger partial charge >= 0.3 is 0 Å². The number of rotatable bonds is 5. The van der Waals surface area contributed by atoms with Crippen LogP contribution in [-0.2, 0) is 0 Å². The van der Waals surface area contributed by atoms with Gasteiger partial charge < -0.3 is 19.5 Å². The predicted molar refractivity (Wildman–Crippen MR) is 126 cm³/mol. The summed E-state index contributed by atoms with van der Waals surface area (Å²) in [5.41, 5.74) is -0.0714. The maximum absolute atomic E-state index is 15.3. The average Bonchev–Trinajstić information content (AvgIpc) is 3.23. The molecule has 3 aromatic heterocycles. The number of halogens is 2. The van der Waals surface area contributed by atoms with Gasteiger partial charge in [0.2, 0.25) is 0 Å². The van der Waals surface area contributed by atoms with E-state index in [1.165, 1.54) is 20.3 Å². The van der Waals surface area contributed by atoms with Crippen molar-refractivity contribution in [3.8, 4) is 34.1 Å². The van der Waals surface area contributed by atoms with Crippen LogP contribution in [0.1, 0.15) is 13.3 Å². The van der Waals surface area contributed by atoms with Crippen molar-refractivity contribution in [1.29, 1.82) is 0 Å². The number of hydrogen-bond acceptors (Lipinski definition) is 8. The number of β-amino-alcohol motifs (C(OH)–C–C–N with tert-alkyl or cyclic N) is 1. The molecule has 1 aliphatic heterocycles. The Balaban J connectivity index is 1.76. The van der Waals surface area contributed by atoms with Crippen LogP contribution < -0.4 is 14.4 Å². The lowest BCUT2D eigenvalue weighted by Crippen LogP contribution is -2.30. The van der Waals surface area contributed by atoms with Crippen LogP contribution in [0.15, 0.2) is 42.9 Å². The Kier molecular flexibility index (Phi) is 5.68. The Labute approximate surface area is 200 Å². The molecule has 0 aliphatic carbocycles. The van der Waals surface area contributed by atoms with Gasteiger partial charge in [-0.3, -0.25) is 4.98 Å². The van der Waals surface area contributed by atoms with Crippen LogP contribution in [0.25, 0.3) is 33.5 Å². The lowest BCUT2D eigenvalue weighted by molar-refractivity contribution is 0.0839. The highest BCUT2D eigenvalue weighted by Gasteiger charge is 2.34. The first kappa shape index (κ1) is 22.9. The minimum absolute atomic E-state index is 0.0315. The Bertz CT molecular complexity index is 1390. The lowest BCUT2D eigenvalue weighted by Gasteiger charge is -2.22. The molecule has 35 heavy (non-hydrogen) atoms. The molecule has 0 radical (unpaired) electrons. The van der Waals surface area contributed by atoms with E-state index in [0.29, 0.717) is 41.1 Å². The highest BCUT2D eigenvalue weighted by Crippen LogP contribution is 2.40. The quantitative estimate of drug-likeness (QED) is 0.459. The van der Waals surface area contributed by atoms with Crippen molar-refractivity contribution < 1.29 is 23.4 Å². The number of benzene rings is 1. The molecular formula is C25H23F2N5O3. The van der Waals surface area contributed by atoms with Crippen LogP contribution in [0.2, 0.25) is 0 Å². The van der Waals surface area contributed by atoms with Gasteiger partial charge in [0.15, 0.2) is 34.8 Å². The van der Waals surface area contributed by atoms with Gasteiger partial charge in [-0.15, -0.1) is 0 Å². The summed E-state index contributed by atoms with van der Waals surface area (Å²) in [6.07, 6.45) is 5.40. The first-order valence-corrected chi connectivity index (χ1v) is 11.0. The van der Waals surface area contributed by atoms with Crippen molar-refractivity contribution in [3.63, 3.8) is 0 Å². The second-order valence-electron chi connectivity index (χ2n) is 8.66. The van der Waals surface area contributed by atoms with Gasteiger partial charge in [0.25, 0.3) is 0 Å². The number of ether oxygens (including phenoxy) is 2. The van der Waals surface area contributed by atoms with E-state index in [1.807, 2.05) is 11.0 Å². The van der Waals surface area contributed by atoms with Gasteiger partial charge in [-0.1, -0.05) is 0 Å². The molecule has 0 bridgehead atoms. The number of pyridine rings is 2. The topological polar surface area (TPSA) is 93.5 Å². The SMILES string of the molecule is COc1cc(OC)c(F)c(-c2cc3cnc(-c4cccnc4)nc3c(N3CCC(C)(O)C3)n2)c1F. The van der Waals surface area contributed by atoms with Crippen LogP contribution in [0, 0.1) is 11.6 Å². The molecule has 8 nitrogen and oxygen atoms in total. The van der Waals surface area contributed by atoms with E-state index >= 15 is 8.78 Å². The number of aromatic nitrogens is 4. The molecule has 1 atom stereocenters. The number of aliphatic hydroxyl groups is 1. The second-order valence-corrected chi connectivity index (χ2v) is 8.66. The van der Waals surface area contributed by atoms with Crippen LogP contribution in [0.4, 0.5) is 14.6 Å². The van der Waals surface area contributed by atoms with Crippen molar-refractivity contribution in [1.82, 2.24) is 19.9 Å². The highest BCUT2D eigenvalue weighted by molar-refractivity contribution is 5.93. The predicted octanol–water partition coefficient (Wildman–Crippen LogP) is 4.01. The summed E-state index contributed by atoms with van der Waals surface area (Å²) in [4.78, 5) is 19.8. The molecule has 4 aromatic rings. The fraction of sp³-hybridized carbons (Fsp3) is 0.280. The van der Waals surface area contributed by atoms with E-state index in [4.69, 9.17) is 14.5 Å². The van der Waals surface area contributed by atoms with E-state index in [9.17, 15) is 5.11 Å². The summed E-state index contributed by atoms with van der Waals surface area (Å²) >= 11 is 0. The lowest BCUT2D eigenvalue weighted by atomic mass is 10.1. The third kappa shape index (κ3) is 4.10. The molecule has 1 aliphatic rings. The molecule has 1 unspecified atom stereocenters. The summed E-state index contributed by atoms with van der Waals surface area (Å²) < 4.78 is 40.8. The van der Waals surface area contributed by atoms with Crippen LogP contribution in [0.5, 0.6) is 11.5 Å². The van der Waals surface area contributed by atoms with Crippen LogP contribution in [-0.4, -0.2) is 58.0 Å². The molecule has 0 amide bonds. The zero-order valence-corrected chi connectivity index (χ0v) is 19.4. The zero-order valence-electron chi connectivity index (χ0n) is 19.4. The molecule has 180 valence electrons. The van der Waals surface area contributed by atoms with E-state index in [0.717, 1.165) is 6.07 Å². The van der Waals surface area contributed by atoms with Gasteiger partial charge in [0.05, 0.1) is 31.1 Å². The molecule has 1 N–H and O–H groups in total. The summed E-state index contributed by atoms with van der Waals surface area (Å²) in [6.45, 7) is 2.52. The molecule has 0 saturated carbocycles. The van der Waals surface area contributed by atoms with Crippen LogP contribution in [0.3, 0.4) is 0 Å². The van der Waals surface area contributed by atoms with Gasteiger partial charge in [-0.2, -0.15) is 0 Å². The largest absolute Gasteiger partial charge is 0.494 e. The Hall–Kier alpha value is -3.92. The van der Waals surface area contributed by atoms with Crippen molar-refractivity contribution in [3.05, 3.63) is 54.5 Å². The molecule has 5 rings (SSSR count). The number of hydrogen-bond donors (Lipinski definition) is 1. The minimum atomic E-state index is -0.932. The smallest absolute Gasteiger partial charge is 0.177 e. The maximum Gasteiger partial charge on any atom is 0.177 e. The molecule has 1 saturated heterocycles. The standard InChI is InChI=1S/C25H23F2N5O3/c1-25(33)6-8-32(13-25)24-22-15(12-29-23(31-22)14-5-4-7-28-11-14)9-16(30-24)19-20(26)17(34-2)10-18(35-3)21(19)27/h4-5,7,9-12,33H,6,8,13H2,1-3H3. The van der Waals surface area contributed by atoms with Gasteiger partial charge in [-0.05, 0) is 31.5 Å². The summed E-state index contributed by atoms with van der Waals surface area (Å²) in [7, 11) is 2.58. The molecular weight excluding hydrogens is 456 g/mol. The van der Waals surface area contributed by atoms with Gasteiger partial charge in [0.1, 0.15) is 5.52 Å². The van der Waals surface area contributed by atoms with Crippen molar-refractivity contribution in [2.45, 2.75) is 18.9 Å². The summed E-state index contributed by atoms with van der Waals surface area (Å²) in [6, 6.07) is 6.30. The Morgan fingerprint density at radius 1 is 1.06 bits per heavy atom. The fourth-order valence-corrected chi connectivity index (χ4v) is 4.24. The Morgan fingerprint density at radius 2 is 1.80 bits per heavy atom. The third-order valence-corrected chi connectivity index (χ3v) is 6.05. The number of fused-ring (bicyclic) bond motifs is 1. The van der Waals surface area contributed by atoms with Crippen LogP contribution >= 0.6 is 0 Å². The Morgan fingerprint density at radius 3 is 2.40 bits per heavy atom. The first-order chi connectivity index (χ1) is 16.8. The zero-order chi connectivity index (χ0) is 24.7. The van der Waals surface area contributed by atoms with Gasteiger partial charge in [-0.25, -0.2) is 23.7 Å². The average molecular weight is 479 g/mol. The normalized spacial score (nSPS) is 17.7. The van der Waals surface area contributed by atoms with Crippen molar-refractivity contribution in [2.24, 2.45) is 0 Å². The van der Waals surface area contributed by atoms with E-state index in [-0.39, 0.29) is 29.3 Å².